The van der Waals surface area contributed by atoms with E-state index in [1.165, 1.54) is 0 Å². The first kappa shape index (κ1) is 13.0. The van der Waals surface area contributed by atoms with Gasteiger partial charge in [-0.3, -0.25) is 0 Å². The first-order valence-electron chi connectivity index (χ1n) is 5.31. The fourth-order valence-corrected chi connectivity index (χ4v) is 3.05. The van der Waals surface area contributed by atoms with Gasteiger partial charge in [0.25, 0.3) is 0 Å². The molecule has 0 heterocycles. The van der Waals surface area contributed by atoms with E-state index in [9.17, 15) is 13.5 Å². The van der Waals surface area contributed by atoms with E-state index in [1.54, 1.807) is 18.2 Å². The molecule has 0 unspecified atom stereocenters. The number of sulfonamides is 1. The smallest absolute Gasteiger partial charge is 0.240 e. The van der Waals surface area contributed by atoms with Crippen molar-refractivity contribution in [3.05, 3.63) is 28.2 Å². The van der Waals surface area contributed by atoms with E-state index in [1.807, 2.05) is 6.92 Å². The molecule has 1 aliphatic rings. The van der Waals surface area contributed by atoms with Crippen LogP contribution in [0.25, 0.3) is 0 Å². The van der Waals surface area contributed by atoms with Crippen molar-refractivity contribution >= 4 is 26.0 Å². The van der Waals surface area contributed by atoms with Gasteiger partial charge in [-0.1, -0.05) is 22.0 Å². The van der Waals surface area contributed by atoms with Gasteiger partial charge in [-0.15, -0.1) is 0 Å². The van der Waals surface area contributed by atoms with E-state index < -0.39 is 15.6 Å². The summed E-state index contributed by atoms with van der Waals surface area (Å²) in [5.41, 5.74) is 0.152. The average Bonchev–Trinajstić information content (AvgIpc) is 2.99. The monoisotopic (exact) mass is 319 g/mol. The van der Waals surface area contributed by atoms with Crippen LogP contribution < -0.4 is 4.72 Å². The van der Waals surface area contributed by atoms with Crippen molar-refractivity contribution in [1.82, 2.24) is 4.72 Å². The van der Waals surface area contributed by atoms with Crippen LogP contribution >= 0.6 is 15.9 Å². The molecule has 1 aromatic rings. The zero-order valence-corrected chi connectivity index (χ0v) is 11.8. The number of halogens is 1. The second-order valence-electron chi connectivity index (χ2n) is 4.46. The molecule has 0 saturated heterocycles. The number of aryl methyl sites for hydroxylation is 1. The number of benzene rings is 1. The summed E-state index contributed by atoms with van der Waals surface area (Å²) in [7, 11) is -3.53. The molecule has 2 rings (SSSR count). The molecule has 94 valence electrons. The molecule has 0 spiro atoms. The maximum Gasteiger partial charge on any atom is 0.240 e. The molecule has 1 aliphatic carbocycles. The summed E-state index contributed by atoms with van der Waals surface area (Å²) >= 11 is 3.30. The van der Waals surface area contributed by atoms with Crippen LogP contribution in [0.1, 0.15) is 18.4 Å². The lowest BCUT2D eigenvalue weighted by atomic mass is 10.2. The molecule has 2 N–H and O–H groups in total. The molecule has 0 aliphatic heterocycles. The summed E-state index contributed by atoms with van der Waals surface area (Å²) in [6, 6.07) is 4.86. The van der Waals surface area contributed by atoms with Crippen LogP contribution in [0.3, 0.4) is 0 Å². The number of aliphatic hydroxyl groups is 1. The highest BCUT2D eigenvalue weighted by atomic mass is 79.9. The lowest BCUT2D eigenvalue weighted by molar-refractivity contribution is 0.155. The third-order valence-corrected chi connectivity index (χ3v) is 5.13. The Morgan fingerprint density at radius 1 is 1.47 bits per heavy atom. The molecule has 1 fully saturated rings. The maximum atomic E-state index is 11.9. The lowest BCUT2D eigenvalue weighted by Crippen LogP contribution is -2.33. The summed E-state index contributed by atoms with van der Waals surface area (Å²) in [5.74, 6) is 0. The lowest BCUT2D eigenvalue weighted by Gasteiger charge is -2.11. The van der Waals surface area contributed by atoms with Crippen molar-refractivity contribution in [3.63, 3.8) is 0 Å². The van der Waals surface area contributed by atoms with Gasteiger partial charge >= 0.3 is 0 Å². The third kappa shape index (κ3) is 3.07. The van der Waals surface area contributed by atoms with Gasteiger partial charge in [0, 0.05) is 11.0 Å². The fraction of sp³-hybridized carbons (Fsp3) is 0.455. The predicted molar refractivity (Wildman–Crippen MR) is 68.3 cm³/mol. The average molecular weight is 320 g/mol. The zero-order valence-electron chi connectivity index (χ0n) is 9.40. The second-order valence-corrected chi connectivity index (χ2v) is 7.08. The van der Waals surface area contributed by atoms with Crippen LogP contribution in [0.4, 0.5) is 0 Å². The number of hydrogen-bond donors (Lipinski definition) is 2. The van der Waals surface area contributed by atoms with E-state index in [2.05, 4.69) is 20.7 Å². The molecular formula is C11H14BrNO3S. The molecule has 0 amide bonds. The first-order chi connectivity index (χ1) is 7.82. The van der Waals surface area contributed by atoms with Crippen molar-refractivity contribution < 1.29 is 13.5 Å². The number of hydrogen-bond acceptors (Lipinski definition) is 3. The molecule has 6 heteroatoms. The van der Waals surface area contributed by atoms with Crippen molar-refractivity contribution in [2.75, 3.05) is 6.54 Å². The van der Waals surface area contributed by atoms with Gasteiger partial charge in [0.1, 0.15) is 0 Å². The molecule has 0 radical (unpaired) electrons. The Morgan fingerprint density at radius 2 is 2.12 bits per heavy atom. The standard InChI is InChI=1S/C11H14BrNO3S/c1-8-2-3-9(6-10(8)12)17(15,16)13-7-11(14)4-5-11/h2-3,6,13-14H,4-5,7H2,1H3. The SMILES string of the molecule is Cc1ccc(S(=O)(=O)NCC2(O)CC2)cc1Br. The van der Waals surface area contributed by atoms with Gasteiger partial charge in [-0.2, -0.15) is 0 Å². The zero-order chi connectivity index (χ0) is 12.7. The van der Waals surface area contributed by atoms with Crippen LogP contribution in [0.15, 0.2) is 27.6 Å². The number of rotatable bonds is 4. The highest BCUT2D eigenvalue weighted by Gasteiger charge is 2.41. The normalized spacial score (nSPS) is 18.1. The molecular weight excluding hydrogens is 306 g/mol. The summed E-state index contributed by atoms with van der Waals surface area (Å²) < 4.78 is 27.0. The van der Waals surface area contributed by atoms with Crippen LogP contribution in [-0.4, -0.2) is 25.7 Å². The van der Waals surface area contributed by atoms with Gasteiger partial charge in [-0.05, 0) is 37.5 Å². The molecule has 0 aromatic heterocycles. The topological polar surface area (TPSA) is 66.4 Å². The van der Waals surface area contributed by atoms with E-state index >= 15 is 0 Å². The molecule has 4 nitrogen and oxygen atoms in total. The number of nitrogens with one attached hydrogen (secondary N) is 1. The second kappa shape index (κ2) is 4.35. The van der Waals surface area contributed by atoms with E-state index in [4.69, 9.17) is 0 Å². The Balaban J connectivity index is 2.16. The van der Waals surface area contributed by atoms with Crippen molar-refractivity contribution in [2.45, 2.75) is 30.3 Å². The summed E-state index contributed by atoms with van der Waals surface area (Å²) in [5, 5.41) is 9.60. The van der Waals surface area contributed by atoms with Crippen LogP contribution in [-0.2, 0) is 10.0 Å². The Kier molecular flexibility index (Phi) is 3.33. The predicted octanol–water partition coefficient (Wildman–Crippen LogP) is 1.56. The van der Waals surface area contributed by atoms with Crippen LogP contribution in [0.5, 0.6) is 0 Å². The van der Waals surface area contributed by atoms with Gasteiger partial charge in [0.15, 0.2) is 0 Å². The van der Waals surface area contributed by atoms with E-state index in [0.717, 1.165) is 10.0 Å². The maximum absolute atomic E-state index is 11.9. The van der Waals surface area contributed by atoms with E-state index in [0.29, 0.717) is 12.8 Å². The van der Waals surface area contributed by atoms with Crippen molar-refractivity contribution in [3.8, 4) is 0 Å². The minimum absolute atomic E-state index is 0.0842. The highest BCUT2D eigenvalue weighted by Crippen LogP contribution is 2.34. The van der Waals surface area contributed by atoms with Crippen LogP contribution in [0.2, 0.25) is 0 Å². The Morgan fingerprint density at radius 3 is 2.65 bits per heavy atom. The summed E-state index contributed by atoms with van der Waals surface area (Å²) in [6.45, 7) is 1.97. The van der Waals surface area contributed by atoms with Gasteiger partial charge in [0.05, 0.1) is 10.5 Å². The van der Waals surface area contributed by atoms with Gasteiger partial charge < -0.3 is 5.11 Å². The van der Waals surface area contributed by atoms with Crippen molar-refractivity contribution in [2.24, 2.45) is 0 Å². The summed E-state index contributed by atoms with van der Waals surface area (Å²) in [4.78, 5) is 0.208. The molecule has 0 atom stereocenters. The summed E-state index contributed by atoms with van der Waals surface area (Å²) in [6.07, 6.45) is 1.32. The first-order valence-corrected chi connectivity index (χ1v) is 7.58. The Hall–Kier alpha value is -0.430. The molecule has 0 bridgehead atoms. The molecule has 1 aromatic carbocycles. The largest absolute Gasteiger partial charge is 0.389 e. The van der Waals surface area contributed by atoms with Crippen molar-refractivity contribution in [1.29, 1.82) is 0 Å². The molecule has 1 saturated carbocycles. The Bertz CT molecular complexity index is 538. The third-order valence-electron chi connectivity index (χ3n) is 2.87. The van der Waals surface area contributed by atoms with E-state index in [-0.39, 0.29) is 11.4 Å². The fourth-order valence-electron chi connectivity index (χ4n) is 1.37. The minimum atomic E-state index is -3.53. The quantitative estimate of drug-likeness (QED) is 0.885. The van der Waals surface area contributed by atoms with Gasteiger partial charge in [0.2, 0.25) is 10.0 Å². The molecule has 17 heavy (non-hydrogen) atoms. The van der Waals surface area contributed by atoms with Crippen LogP contribution in [0, 0.1) is 6.92 Å². The highest BCUT2D eigenvalue weighted by molar-refractivity contribution is 9.10. The van der Waals surface area contributed by atoms with Gasteiger partial charge in [-0.25, -0.2) is 13.1 Å². The Labute approximate surface area is 109 Å². The minimum Gasteiger partial charge on any atom is -0.389 e.